The maximum Gasteiger partial charge on any atom is 0.125 e. The second-order valence-corrected chi connectivity index (χ2v) is 4.25. The van der Waals surface area contributed by atoms with Crippen molar-refractivity contribution in [1.29, 1.82) is 0 Å². The number of nitrogens with two attached hydrogens (primary N) is 1. The van der Waals surface area contributed by atoms with Crippen LogP contribution < -0.4 is 11.1 Å². The molecule has 1 unspecified atom stereocenters. The Morgan fingerprint density at radius 2 is 1.89 bits per heavy atom. The number of nitrogens with one attached hydrogen (secondary N) is 1. The summed E-state index contributed by atoms with van der Waals surface area (Å²) in [5, 5.41) is 3.35. The fourth-order valence-electron chi connectivity index (χ4n) is 1.96. The second-order valence-electron chi connectivity index (χ2n) is 4.25. The maximum atomic E-state index is 13.0. The van der Waals surface area contributed by atoms with Crippen molar-refractivity contribution in [3.63, 3.8) is 0 Å². The summed E-state index contributed by atoms with van der Waals surface area (Å²) in [4.78, 5) is 0. The van der Waals surface area contributed by atoms with Gasteiger partial charge in [0, 0.05) is 0 Å². The van der Waals surface area contributed by atoms with Gasteiger partial charge in [0.25, 0.3) is 0 Å². The van der Waals surface area contributed by atoms with Crippen molar-refractivity contribution in [1.82, 2.24) is 0 Å². The van der Waals surface area contributed by atoms with E-state index in [9.17, 15) is 4.39 Å². The summed E-state index contributed by atoms with van der Waals surface area (Å²) in [6.07, 6.45) is 0.931. The third-order valence-corrected chi connectivity index (χ3v) is 2.95. The van der Waals surface area contributed by atoms with Crippen LogP contribution in [0.15, 0.2) is 48.5 Å². The lowest BCUT2D eigenvalue weighted by Gasteiger charge is -2.20. The van der Waals surface area contributed by atoms with E-state index in [-0.39, 0.29) is 11.9 Å². The highest BCUT2D eigenvalue weighted by Gasteiger charge is 2.10. The summed E-state index contributed by atoms with van der Waals surface area (Å²) in [6, 6.07) is 14.7. The molecule has 18 heavy (non-hydrogen) atoms. The zero-order chi connectivity index (χ0) is 13.0. The van der Waals surface area contributed by atoms with E-state index < -0.39 is 0 Å². The molecular formula is C15H17FN2. The molecule has 0 aliphatic rings. The first-order valence-electron chi connectivity index (χ1n) is 6.07. The first kappa shape index (κ1) is 12.4. The van der Waals surface area contributed by atoms with Crippen LogP contribution in [0.5, 0.6) is 0 Å². The normalized spacial score (nSPS) is 12.1. The summed E-state index contributed by atoms with van der Waals surface area (Å²) >= 11 is 0. The monoisotopic (exact) mass is 244 g/mol. The molecule has 2 aromatic carbocycles. The summed E-state index contributed by atoms with van der Waals surface area (Å²) < 4.78 is 13.0. The molecule has 0 spiro atoms. The van der Waals surface area contributed by atoms with Crippen LogP contribution in [0.1, 0.15) is 24.9 Å². The molecular weight excluding hydrogens is 227 g/mol. The van der Waals surface area contributed by atoms with Crippen LogP contribution in [-0.2, 0) is 0 Å². The first-order chi connectivity index (χ1) is 8.70. The van der Waals surface area contributed by atoms with E-state index in [2.05, 4.69) is 24.4 Å². The van der Waals surface area contributed by atoms with Crippen LogP contribution in [0.2, 0.25) is 0 Å². The molecule has 0 aromatic heterocycles. The van der Waals surface area contributed by atoms with Gasteiger partial charge >= 0.3 is 0 Å². The van der Waals surface area contributed by atoms with Crippen molar-refractivity contribution in [3.8, 4) is 0 Å². The molecule has 2 aromatic rings. The van der Waals surface area contributed by atoms with Gasteiger partial charge in [-0.1, -0.05) is 37.3 Å². The van der Waals surface area contributed by atoms with Crippen molar-refractivity contribution in [2.24, 2.45) is 0 Å². The summed E-state index contributed by atoms with van der Waals surface area (Å²) in [6.45, 7) is 2.10. The van der Waals surface area contributed by atoms with Gasteiger partial charge in [0.2, 0.25) is 0 Å². The molecule has 0 aliphatic heterocycles. The zero-order valence-electron chi connectivity index (χ0n) is 10.4. The van der Waals surface area contributed by atoms with E-state index >= 15 is 0 Å². The largest absolute Gasteiger partial charge is 0.397 e. The van der Waals surface area contributed by atoms with Crippen LogP contribution in [0.25, 0.3) is 0 Å². The van der Waals surface area contributed by atoms with E-state index in [1.165, 1.54) is 17.7 Å². The summed E-state index contributed by atoms with van der Waals surface area (Å²) in [7, 11) is 0. The minimum absolute atomic E-state index is 0.180. The third kappa shape index (κ3) is 2.80. The Morgan fingerprint density at radius 3 is 2.50 bits per heavy atom. The van der Waals surface area contributed by atoms with Crippen molar-refractivity contribution < 1.29 is 4.39 Å². The zero-order valence-corrected chi connectivity index (χ0v) is 10.4. The minimum Gasteiger partial charge on any atom is -0.397 e. The smallest absolute Gasteiger partial charge is 0.125 e. The van der Waals surface area contributed by atoms with Crippen LogP contribution in [0.3, 0.4) is 0 Å². The Hall–Kier alpha value is -2.03. The Kier molecular flexibility index (Phi) is 3.82. The van der Waals surface area contributed by atoms with Crippen LogP contribution in [-0.4, -0.2) is 0 Å². The average molecular weight is 244 g/mol. The average Bonchev–Trinajstić information content (AvgIpc) is 2.39. The van der Waals surface area contributed by atoms with E-state index in [0.29, 0.717) is 5.69 Å². The molecule has 2 rings (SSSR count). The molecule has 0 aliphatic carbocycles. The molecule has 94 valence electrons. The van der Waals surface area contributed by atoms with Gasteiger partial charge in [-0.05, 0) is 30.2 Å². The van der Waals surface area contributed by atoms with Crippen LogP contribution in [0, 0.1) is 5.82 Å². The number of hydrogen-bond acceptors (Lipinski definition) is 2. The predicted molar refractivity (Wildman–Crippen MR) is 73.9 cm³/mol. The first-order valence-corrected chi connectivity index (χ1v) is 6.07. The number of halogens is 1. The van der Waals surface area contributed by atoms with Crippen LogP contribution >= 0.6 is 0 Å². The SMILES string of the molecule is CCC(Nc1ccc(F)cc1N)c1ccccc1. The van der Waals surface area contributed by atoms with Crippen molar-refractivity contribution in [2.75, 3.05) is 11.1 Å². The molecule has 0 fully saturated rings. The quantitative estimate of drug-likeness (QED) is 0.798. The van der Waals surface area contributed by atoms with Gasteiger partial charge in [0.05, 0.1) is 17.4 Å². The fraction of sp³-hybridized carbons (Fsp3) is 0.200. The van der Waals surface area contributed by atoms with Gasteiger partial charge in [-0.25, -0.2) is 4.39 Å². The van der Waals surface area contributed by atoms with Crippen molar-refractivity contribution in [2.45, 2.75) is 19.4 Å². The molecule has 3 N–H and O–H groups in total. The van der Waals surface area contributed by atoms with E-state index in [0.717, 1.165) is 12.1 Å². The van der Waals surface area contributed by atoms with Gasteiger partial charge in [-0.15, -0.1) is 0 Å². The molecule has 3 heteroatoms. The third-order valence-electron chi connectivity index (χ3n) is 2.95. The molecule has 0 amide bonds. The summed E-state index contributed by atoms with van der Waals surface area (Å²) in [5.74, 6) is -0.314. The standard InChI is InChI=1S/C15H17FN2/c1-2-14(11-6-4-3-5-7-11)18-15-9-8-12(16)10-13(15)17/h3-10,14,18H,2,17H2,1H3. The van der Waals surface area contributed by atoms with Gasteiger partial charge in [-0.2, -0.15) is 0 Å². The van der Waals surface area contributed by atoms with Gasteiger partial charge in [-0.3, -0.25) is 0 Å². The highest BCUT2D eigenvalue weighted by Crippen LogP contribution is 2.26. The molecule has 1 atom stereocenters. The van der Waals surface area contributed by atoms with Gasteiger partial charge in [0.1, 0.15) is 5.82 Å². The molecule has 0 heterocycles. The Balaban J connectivity index is 2.21. The lowest BCUT2D eigenvalue weighted by molar-refractivity contribution is 0.628. The number of hydrogen-bond donors (Lipinski definition) is 2. The fourth-order valence-corrected chi connectivity index (χ4v) is 1.96. The number of benzene rings is 2. The van der Waals surface area contributed by atoms with Crippen molar-refractivity contribution in [3.05, 3.63) is 59.9 Å². The van der Waals surface area contributed by atoms with E-state index in [1.54, 1.807) is 6.07 Å². The molecule has 2 nitrogen and oxygen atoms in total. The maximum absolute atomic E-state index is 13.0. The number of nitrogen functional groups attached to an aromatic ring is 1. The Morgan fingerprint density at radius 1 is 1.17 bits per heavy atom. The van der Waals surface area contributed by atoms with Gasteiger partial charge < -0.3 is 11.1 Å². The molecule has 0 bridgehead atoms. The van der Waals surface area contributed by atoms with E-state index in [4.69, 9.17) is 5.73 Å². The highest BCUT2D eigenvalue weighted by atomic mass is 19.1. The topological polar surface area (TPSA) is 38.0 Å². The second kappa shape index (κ2) is 5.54. The Bertz CT molecular complexity index is 511. The lowest BCUT2D eigenvalue weighted by Crippen LogP contribution is -2.11. The summed E-state index contributed by atoms with van der Waals surface area (Å²) in [5.41, 5.74) is 8.20. The Labute approximate surface area is 107 Å². The van der Waals surface area contributed by atoms with Crippen molar-refractivity contribution >= 4 is 11.4 Å². The lowest BCUT2D eigenvalue weighted by atomic mass is 10.0. The number of rotatable bonds is 4. The minimum atomic E-state index is -0.314. The van der Waals surface area contributed by atoms with Crippen LogP contribution in [0.4, 0.5) is 15.8 Å². The van der Waals surface area contributed by atoms with E-state index in [1.807, 2.05) is 18.2 Å². The molecule has 0 saturated carbocycles. The predicted octanol–water partition coefficient (Wildman–Crippen LogP) is 3.97. The molecule has 0 saturated heterocycles. The highest BCUT2D eigenvalue weighted by molar-refractivity contribution is 5.66. The van der Waals surface area contributed by atoms with Gasteiger partial charge in [0.15, 0.2) is 0 Å². The number of anilines is 2. The molecule has 0 radical (unpaired) electrons.